The van der Waals surface area contributed by atoms with Crippen molar-refractivity contribution < 1.29 is 38.1 Å². The molecule has 0 heterocycles. The molecule has 0 aliphatic carbocycles. The Bertz CT molecular complexity index is 752. The molecule has 0 unspecified atom stereocenters. The molecule has 0 rings (SSSR count). The van der Waals surface area contributed by atoms with Crippen molar-refractivity contribution >= 4 is 23.9 Å². The molecule has 0 aromatic heterocycles. The normalized spacial score (nSPS) is 12.1. The summed E-state index contributed by atoms with van der Waals surface area (Å²) < 4.78 is 21.1. The molecule has 0 fully saturated rings. The number of hydrogen-bond donors (Lipinski definition) is 0. The van der Waals surface area contributed by atoms with Crippen molar-refractivity contribution in [2.75, 3.05) is 13.2 Å². The van der Waals surface area contributed by atoms with Gasteiger partial charge in [-0.1, -0.05) is 71.6 Å². The van der Waals surface area contributed by atoms with E-state index in [1.165, 1.54) is 46.5 Å². The zero-order chi connectivity index (χ0) is 26.8. The highest BCUT2D eigenvalue weighted by Crippen LogP contribution is 2.14. The summed E-state index contributed by atoms with van der Waals surface area (Å²) in [5, 5.41) is 0. The van der Waals surface area contributed by atoms with Crippen LogP contribution in [0.3, 0.4) is 0 Å². The minimum Gasteiger partial charge on any atom is -0.458 e. The van der Waals surface area contributed by atoms with Crippen LogP contribution in [-0.2, 0) is 38.1 Å². The van der Waals surface area contributed by atoms with Gasteiger partial charge in [0.25, 0.3) is 0 Å². The summed E-state index contributed by atoms with van der Waals surface area (Å²) >= 11 is 0. The molecule has 2 atom stereocenters. The molecule has 0 aromatic rings. The van der Waals surface area contributed by atoms with Gasteiger partial charge in [-0.3, -0.25) is 4.79 Å². The summed E-state index contributed by atoms with van der Waals surface area (Å²) in [4.78, 5) is 48.4. The Labute approximate surface area is 209 Å². The molecule has 8 heteroatoms. The number of unbranched alkanes of at least 4 members (excludes halogenated alkanes) is 7. The van der Waals surface area contributed by atoms with Gasteiger partial charge in [-0.25, -0.2) is 14.4 Å². The minimum absolute atomic E-state index is 0.101. The van der Waals surface area contributed by atoms with Crippen LogP contribution in [0.5, 0.6) is 0 Å². The number of carbonyl (C=O) groups is 4. The second-order valence-electron chi connectivity index (χ2n) is 8.73. The Kier molecular flexibility index (Phi) is 16.9. The standard InChI is InChI=1S/C27H42O8/c1-8-9-10-11-12-13-14-15-16-24(28)34-22(17-32-25(29)19(2)3)23(35-27(31)21(6)7)18-33-26(30)20(4)5/h22-23H,2,4,6,8-18H2,1,3,5,7H3/t22-,23+/m0/s1. The molecule has 0 spiro atoms. The van der Waals surface area contributed by atoms with E-state index in [9.17, 15) is 19.2 Å². The summed E-state index contributed by atoms with van der Waals surface area (Å²) in [6.07, 6.45) is 6.29. The van der Waals surface area contributed by atoms with Gasteiger partial charge in [0.1, 0.15) is 13.2 Å². The highest BCUT2D eigenvalue weighted by atomic mass is 16.6. The van der Waals surface area contributed by atoms with Crippen LogP contribution in [0.25, 0.3) is 0 Å². The predicted molar refractivity (Wildman–Crippen MR) is 133 cm³/mol. The molecule has 0 N–H and O–H groups in total. The van der Waals surface area contributed by atoms with E-state index in [1.54, 1.807) is 0 Å². The maximum absolute atomic E-state index is 12.5. The molecular formula is C27H42O8. The van der Waals surface area contributed by atoms with E-state index >= 15 is 0 Å². The molecule has 0 aliphatic heterocycles. The van der Waals surface area contributed by atoms with Gasteiger partial charge in [0, 0.05) is 23.1 Å². The Morgan fingerprint density at radius 3 is 1.43 bits per heavy atom. The molecule has 198 valence electrons. The summed E-state index contributed by atoms with van der Waals surface area (Å²) in [6, 6.07) is 0. The summed E-state index contributed by atoms with van der Waals surface area (Å²) in [6.45, 7) is 16.3. The lowest BCUT2D eigenvalue weighted by molar-refractivity contribution is -0.179. The highest BCUT2D eigenvalue weighted by Gasteiger charge is 2.32. The third-order valence-electron chi connectivity index (χ3n) is 4.99. The van der Waals surface area contributed by atoms with E-state index in [-0.39, 0.29) is 23.1 Å². The first-order valence-electron chi connectivity index (χ1n) is 12.2. The topological polar surface area (TPSA) is 105 Å². The third kappa shape index (κ3) is 15.6. The largest absolute Gasteiger partial charge is 0.458 e. The van der Waals surface area contributed by atoms with Crippen molar-refractivity contribution in [2.45, 2.75) is 97.7 Å². The van der Waals surface area contributed by atoms with Gasteiger partial charge in [0.05, 0.1) is 0 Å². The van der Waals surface area contributed by atoms with Crippen LogP contribution >= 0.6 is 0 Å². The molecule has 0 bridgehead atoms. The molecule has 0 aromatic carbocycles. The van der Waals surface area contributed by atoms with Gasteiger partial charge in [-0.15, -0.1) is 0 Å². The molecule has 0 saturated carbocycles. The summed E-state index contributed by atoms with van der Waals surface area (Å²) in [5.74, 6) is -2.70. The first-order valence-corrected chi connectivity index (χ1v) is 12.2. The van der Waals surface area contributed by atoms with Crippen LogP contribution in [0.2, 0.25) is 0 Å². The molecule has 0 saturated heterocycles. The van der Waals surface area contributed by atoms with Crippen molar-refractivity contribution in [3.05, 3.63) is 36.5 Å². The Morgan fingerprint density at radius 2 is 1.00 bits per heavy atom. The van der Waals surface area contributed by atoms with Crippen LogP contribution in [0.15, 0.2) is 36.5 Å². The second-order valence-corrected chi connectivity index (χ2v) is 8.73. The van der Waals surface area contributed by atoms with E-state index in [2.05, 4.69) is 26.7 Å². The maximum Gasteiger partial charge on any atom is 0.333 e. The summed E-state index contributed by atoms with van der Waals surface area (Å²) in [7, 11) is 0. The van der Waals surface area contributed by atoms with E-state index < -0.39 is 49.3 Å². The first-order chi connectivity index (χ1) is 16.5. The third-order valence-corrected chi connectivity index (χ3v) is 4.99. The van der Waals surface area contributed by atoms with Gasteiger partial charge in [-0.05, 0) is 27.2 Å². The predicted octanol–water partition coefficient (Wildman–Crippen LogP) is 5.16. The average Bonchev–Trinajstić information content (AvgIpc) is 2.80. The Morgan fingerprint density at radius 1 is 0.600 bits per heavy atom. The Balaban J connectivity index is 5.18. The van der Waals surface area contributed by atoms with E-state index in [4.69, 9.17) is 18.9 Å². The fourth-order valence-corrected chi connectivity index (χ4v) is 2.87. The van der Waals surface area contributed by atoms with Crippen LogP contribution in [-0.4, -0.2) is 49.3 Å². The van der Waals surface area contributed by atoms with Crippen molar-refractivity contribution in [3.63, 3.8) is 0 Å². The summed E-state index contributed by atoms with van der Waals surface area (Å²) in [5.41, 5.74) is 0.398. The molecule has 35 heavy (non-hydrogen) atoms. The van der Waals surface area contributed by atoms with Crippen LogP contribution in [0, 0.1) is 0 Å². The second kappa shape index (κ2) is 18.4. The SMILES string of the molecule is C=C(C)C(=O)OC[C@H](OC(=O)CCCCCCCCCC)[C@@H](COC(=O)C(=C)C)OC(=O)C(=C)C. The van der Waals surface area contributed by atoms with Crippen molar-refractivity contribution in [1.29, 1.82) is 0 Å². The molecule has 0 aliphatic rings. The number of esters is 4. The lowest BCUT2D eigenvalue weighted by atomic mass is 10.1. The molecule has 8 nitrogen and oxygen atoms in total. The lowest BCUT2D eigenvalue weighted by Crippen LogP contribution is -2.42. The van der Waals surface area contributed by atoms with Gasteiger partial charge < -0.3 is 18.9 Å². The lowest BCUT2D eigenvalue weighted by Gasteiger charge is -2.26. The van der Waals surface area contributed by atoms with E-state index in [0.29, 0.717) is 6.42 Å². The zero-order valence-electron chi connectivity index (χ0n) is 21.8. The highest BCUT2D eigenvalue weighted by molar-refractivity contribution is 5.88. The number of hydrogen-bond acceptors (Lipinski definition) is 8. The van der Waals surface area contributed by atoms with Crippen LogP contribution < -0.4 is 0 Å². The van der Waals surface area contributed by atoms with Gasteiger partial charge in [-0.2, -0.15) is 0 Å². The fraction of sp³-hybridized carbons (Fsp3) is 0.630. The molecular weight excluding hydrogens is 452 g/mol. The number of ether oxygens (including phenoxy) is 4. The van der Waals surface area contributed by atoms with E-state index in [1.807, 2.05) is 0 Å². The quantitative estimate of drug-likeness (QED) is 0.105. The maximum atomic E-state index is 12.5. The van der Waals surface area contributed by atoms with Crippen LogP contribution in [0.1, 0.15) is 85.5 Å². The zero-order valence-corrected chi connectivity index (χ0v) is 21.8. The Hall–Kier alpha value is -2.90. The molecule has 0 radical (unpaired) electrons. The van der Waals surface area contributed by atoms with Gasteiger partial charge in [0.15, 0.2) is 12.2 Å². The van der Waals surface area contributed by atoms with Crippen molar-refractivity contribution in [3.8, 4) is 0 Å². The first kappa shape index (κ1) is 32.1. The minimum atomic E-state index is -1.22. The van der Waals surface area contributed by atoms with Crippen molar-refractivity contribution in [2.24, 2.45) is 0 Å². The van der Waals surface area contributed by atoms with Crippen LogP contribution in [0.4, 0.5) is 0 Å². The van der Waals surface area contributed by atoms with Crippen molar-refractivity contribution in [1.82, 2.24) is 0 Å². The number of rotatable bonds is 19. The monoisotopic (exact) mass is 494 g/mol. The smallest absolute Gasteiger partial charge is 0.333 e. The fourth-order valence-electron chi connectivity index (χ4n) is 2.87. The van der Waals surface area contributed by atoms with Gasteiger partial charge in [0.2, 0.25) is 0 Å². The van der Waals surface area contributed by atoms with E-state index in [0.717, 1.165) is 19.3 Å². The van der Waals surface area contributed by atoms with Gasteiger partial charge >= 0.3 is 23.9 Å². The average molecular weight is 495 g/mol. The number of carbonyl (C=O) groups excluding carboxylic acids is 4. The molecule has 0 amide bonds.